The van der Waals surface area contributed by atoms with E-state index in [1.165, 1.54) is 19.2 Å². The Labute approximate surface area is 100.0 Å². The van der Waals surface area contributed by atoms with Gasteiger partial charge in [0.05, 0.1) is 7.11 Å². The van der Waals surface area contributed by atoms with Crippen LogP contribution < -0.4 is 5.32 Å². The maximum atomic E-state index is 13.0. The minimum absolute atomic E-state index is 0.253. The first kappa shape index (κ1) is 11.9. The van der Waals surface area contributed by atoms with Gasteiger partial charge in [-0.15, -0.1) is 0 Å². The molecule has 0 heterocycles. The molecule has 0 radical (unpaired) electrons. The van der Waals surface area contributed by atoms with Gasteiger partial charge >= 0.3 is 5.97 Å². The highest BCUT2D eigenvalue weighted by Gasteiger charge is 2.37. The summed E-state index contributed by atoms with van der Waals surface area (Å²) in [6.45, 7) is 1.81. The average molecular weight is 237 g/mol. The molecule has 1 N–H and O–H groups in total. The van der Waals surface area contributed by atoms with Gasteiger partial charge in [0.1, 0.15) is 11.9 Å². The Morgan fingerprint density at radius 2 is 2.24 bits per heavy atom. The van der Waals surface area contributed by atoms with Crippen molar-refractivity contribution < 1.29 is 13.9 Å². The predicted molar refractivity (Wildman–Crippen MR) is 63.3 cm³/mol. The van der Waals surface area contributed by atoms with Crippen molar-refractivity contribution in [2.24, 2.45) is 5.92 Å². The first-order chi connectivity index (χ1) is 8.11. The molecule has 0 bridgehead atoms. The summed E-state index contributed by atoms with van der Waals surface area (Å²) >= 11 is 0. The standard InChI is InChI=1S/C13H16FNO2/c1-8-7-10(14)5-6-11(8)15-12(9-3-4-9)13(16)17-2/h5-7,9,12,15H,3-4H2,1-2H3. The molecule has 1 fully saturated rings. The smallest absolute Gasteiger partial charge is 0.328 e. The Hall–Kier alpha value is -1.58. The molecule has 1 aliphatic rings. The van der Waals surface area contributed by atoms with Gasteiger partial charge in [-0.05, 0) is 49.4 Å². The quantitative estimate of drug-likeness (QED) is 0.818. The minimum atomic E-state index is -0.316. The number of hydrogen-bond donors (Lipinski definition) is 1. The van der Waals surface area contributed by atoms with Gasteiger partial charge in [0.2, 0.25) is 0 Å². The van der Waals surface area contributed by atoms with Gasteiger partial charge < -0.3 is 10.1 Å². The van der Waals surface area contributed by atoms with Crippen molar-refractivity contribution >= 4 is 11.7 Å². The molecule has 1 aromatic carbocycles. The number of ether oxygens (including phenoxy) is 1. The van der Waals surface area contributed by atoms with Crippen molar-refractivity contribution in [3.63, 3.8) is 0 Å². The second-order valence-corrected chi connectivity index (χ2v) is 4.44. The molecule has 0 saturated heterocycles. The van der Waals surface area contributed by atoms with Gasteiger partial charge in [0.25, 0.3) is 0 Å². The van der Waals surface area contributed by atoms with Gasteiger partial charge in [-0.2, -0.15) is 0 Å². The lowest BCUT2D eigenvalue weighted by Crippen LogP contribution is -2.32. The number of esters is 1. The van der Waals surface area contributed by atoms with Crippen LogP contribution in [0.2, 0.25) is 0 Å². The molecule has 1 unspecified atom stereocenters. The number of rotatable bonds is 4. The molecule has 0 spiro atoms. The zero-order chi connectivity index (χ0) is 12.4. The number of methoxy groups -OCH3 is 1. The molecule has 0 amide bonds. The average Bonchev–Trinajstić information content (AvgIpc) is 3.11. The minimum Gasteiger partial charge on any atom is -0.467 e. The van der Waals surface area contributed by atoms with E-state index in [0.29, 0.717) is 5.92 Å². The largest absolute Gasteiger partial charge is 0.467 e. The molecule has 0 aliphatic heterocycles. The fraction of sp³-hybridized carbons (Fsp3) is 0.462. The second kappa shape index (κ2) is 4.73. The number of nitrogens with one attached hydrogen (secondary N) is 1. The van der Waals surface area contributed by atoms with Crippen molar-refractivity contribution in [1.82, 2.24) is 0 Å². The third kappa shape index (κ3) is 2.75. The van der Waals surface area contributed by atoms with E-state index in [-0.39, 0.29) is 17.8 Å². The fourth-order valence-electron chi connectivity index (χ4n) is 1.88. The Balaban J connectivity index is 2.14. The van der Waals surface area contributed by atoms with Crippen LogP contribution in [0.1, 0.15) is 18.4 Å². The van der Waals surface area contributed by atoms with Gasteiger partial charge in [-0.1, -0.05) is 0 Å². The summed E-state index contributed by atoms with van der Waals surface area (Å²) in [5, 5.41) is 3.15. The number of benzene rings is 1. The van der Waals surface area contributed by atoms with E-state index < -0.39 is 0 Å². The highest BCUT2D eigenvalue weighted by Crippen LogP contribution is 2.35. The summed E-state index contributed by atoms with van der Waals surface area (Å²) in [5.74, 6) is -0.183. The first-order valence-corrected chi connectivity index (χ1v) is 5.72. The number of carbonyl (C=O) groups excluding carboxylic acids is 1. The zero-order valence-electron chi connectivity index (χ0n) is 10.00. The SMILES string of the molecule is COC(=O)C(Nc1ccc(F)cc1C)C1CC1. The van der Waals surface area contributed by atoms with E-state index >= 15 is 0 Å². The number of aryl methyl sites for hydroxylation is 1. The predicted octanol–water partition coefficient (Wildman–Crippen LogP) is 2.50. The zero-order valence-corrected chi connectivity index (χ0v) is 10.00. The summed E-state index contributed by atoms with van der Waals surface area (Å²) < 4.78 is 17.7. The van der Waals surface area contributed by atoms with E-state index in [2.05, 4.69) is 5.32 Å². The molecule has 92 valence electrons. The molecule has 1 aromatic rings. The second-order valence-electron chi connectivity index (χ2n) is 4.44. The topological polar surface area (TPSA) is 38.3 Å². The molecular weight excluding hydrogens is 221 g/mol. The molecule has 17 heavy (non-hydrogen) atoms. The van der Waals surface area contributed by atoms with Crippen molar-refractivity contribution in [2.75, 3.05) is 12.4 Å². The maximum absolute atomic E-state index is 13.0. The normalized spacial score (nSPS) is 16.4. The molecular formula is C13H16FNO2. The van der Waals surface area contributed by atoms with Crippen molar-refractivity contribution in [3.05, 3.63) is 29.6 Å². The van der Waals surface area contributed by atoms with E-state index in [4.69, 9.17) is 4.74 Å². The van der Waals surface area contributed by atoms with Gasteiger partial charge in [-0.3, -0.25) is 0 Å². The molecule has 1 aliphatic carbocycles. The van der Waals surface area contributed by atoms with E-state index in [0.717, 1.165) is 24.1 Å². The van der Waals surface area contributed by atoms with E-state index in [1.54, 1.807) is 6.07 Å². The molecule has 2 rings (SSSR count). The van der Waals surface area contributed by atoms with Crippen LogP contribution in [0.15, 0.2) is 18.2 Å². The number of anilines is 1. The Morgan fingerprint density at radius 3 is 2.76 bits per heavy atom. The monoisotopic (exact) mass is 237 g/mol. The van der Waals surface area contributed by atoms with Crippen LogP contribution in [0.4, 0.5) is 10.1 Å². The third-order valence-electron chi connectivity index (χ3n) is 3.05. The Kier molecular flexibility index (Phi) is 3.31. The molecule has 3 nitrogen and oxygen atoms in total. The lowest BCUT2D eigenvalue weighted by atomic mass is 10.1. The summed E-state index contributed by atoms with van der Waals surface area (Å²) in [4.78, 5) is 11.6. The van der Waals surface area contributed by atoms with E-state index in [1.807, 2.05) is 6.92 Å². The summed E-state index contributed by atoms with van der Waals surface area (Å²) in [6, 6.07) is 4.17. The van der Waals surface area contributed by atoms with Gasteiger partial charge in [0.15, 0.2) is 0 Å². The fourth-order valence-corrected chi connectivity index (χ4v) is 1.88. The van der Waals surface area contributed by atoms with Crippen LogP contribution in [-0.2, 0) is 9.53 Å². The molecule has 1 saturated carbocycles. The van der Waals surface area contributed by atoms with Crippen molar-refractivity contribution in [1.29, 1.82) is 0 Å². The highest BCUT2D eigenvalue weighted by atomic mass is 19.1. The molecule has 0 aromatic heterocycles. The Morgan fingerprint density at radius 1 is 1.53 bits per heavy atom. The summed E-state index contributed by atoms with van der Waals surface area (Å²) in [6.07, 6.45) is 2.07. The first-order valence-electron chi connectivity index (χ1n) is 5.72. The van der Waals surface area contributed by atoms with Crippen molar-refractivity contribution in [3.8, 4) is 0 Å². The number of carbonyl (C=O) groups is 1. The van der Waals surface area contributed by atoms with Crippen LogP contribution >= 0.6 is 0 Å². The maximum Gasteiger partial charge on any atom is 0.328 e. The van der Waals surface area contributed by atoms with Crippen LogP contribution in [0.3, 0.4) is 0 Å². The summed E-state index contributed by atoms with van der Waals surface area (Å²) in [7, 11) is 1.39. The molecule has 4 heteroatoms. The number of halogens is 1. The number of hydrogen-bond acceptors (Lipinski definition) is 3. The van der Waals surface area contributed by atoms with Crippen LogP contribution in [0.25, 0.3) is 0 Å². The third-order valence-corrected chi connectivity index (χ3v) is 3.05. The van der Waals surface area contributed by atoms with Crippen LogP contribution in [-0.4, -0.2) is 19.1 Å². The van der Waals surface area contributed by atoms with Gasteiger partial charge in [0, 0.05) is 5.69 Å². The molecule has 1 atom stereocenters. The Bertz CT molecular complexity index is 429. The van der Waals surface area contributed by atoms with Crippen LogP contribution in [0, 0.1) is 18.7 Å². The lowest BCUT2D eigenvalue weighted by molar-refractivity contribution is -0.142. The summed E-state index contributed by atoms with van der Waals surface area (Å²) in [5.41, 5.74) is 1.58. The van der Waals surface area contributed by atoms with Gasteiger partial charge in [-0.25, -0.2) is 9.18 Å². The van der Waals surface area contributed by atoms with Crippen LogP contribution in [0.5, 0.6) is 0 Å². The van der Waals surface area contributed by atoms with E-state index in [9.17, 15) is 9.18 Å². The lowest BCUT2D eigenvalue weighted by Gasteiger charge is -2.18. The van der Waals surface area contributed by atoms with Crippen molar-refractivity contribution in [2.45, 2.75) is 25.8 Å². The highest BCUT2D eigenvalue weighted by molar-refractivity contribution is 5.80.